The second-order valence-electron chi connectivity index (χ2n) is 5.88. The molecule has 3 aromatic rings. The Bertz CT molecular complexity index is 968. The Labute approximate surface area is 151 Å². The van der Waals surface area contributed by atoms with Gasteiger partial charge in [0, 0.05) is 42.8 Å². The van der Waals surface area contributed by atoms with Gasteiger partial charge in [-0.2, -0.15) is 5.26 Å². The van der Waals surface area contributed by atoms with Crippen LogP contribution in [0.2, 0.25) is 0 Å². The minimum absolute atomic E-state index is 0.296. The lowest BCUT2D eigenvalue weighted by Gasteiger charge is -2.12. The highest BCUT2D eigenvalue weighted by Gasteiger charge is 2.06. The van der Waals surface area contributed by atoms with Crippen molar-refractivity contribution in [3.8, 4) is 6.07 Å². The molecule has 6 heteroatoms. The third-order valence-corrected chi connectivity index (χ3v) is 4.21. The molecule has 0 radical (unpaired) electrons. The molecule has 0 unspecified atom stereocenters. The number of H-pyrrole nitrogens is 1. The van der Waals surface area contributed by atoms with Gasteiger partial charge in [0.2, 0.25) is 0 Å². The van der Waals surface area contributed by atoms with Crippen LogP contribution in [-0.4, -0.2) is 24.5 Å². The first kappa shape index (κ1) is 17.5. The Morgan fingerprint density at radius 1 is 1.19 bits per heavy atom. The third kappa shape index (κ3) is 4.01. The quantitative estimate of drug-likeness (QED) is 0.489. The number of nitrogens with zero attached hydrogens (tertiary/aromatic N) is 2. The number of fused-ring (bicyclic) bond motifs is 1. The summed E-state index contributed by atoms with van der Waals surface area (Å²) in [5.41, 5.74) is 3.17. The number of halogens is 1. The van der Waals surface area contributed by atoms with Crippen LogP contribution < -0.4 is 10.6 Å². The van der Waals surface area contributed by atoms with Crippen molar-refractivity contribution in [1.82, 2.24) is 15.6 Å². The molecule has 0 fully saturated rings. The average molecular weight is 349 g/mol. The molecular weight excluding hydrogens is 329 g/mol. The molecule has 0 amide bonds. The molecule has 0 saturated heterocycles. The van der Waals surface area contributed by atoms with Crippen molar-refractivity contribution >= 4 is 16.9 Å². The summed E-state index contributed by atoms with van der Waals surface area (Å²) in [5.74, 6) is 0.208. The second kappa shape index (κ2) is 8.17. The number of hydrogen-bond acceptors (Lipinski definition) is 2. The van der Waals surface area contributed by atoms with E-state index >= 15 is 0 Å². The maximum atomic E-state index is 13.9. The normalized spacial score (nSPS) is 11.3. The molecule has 3 rings (SSSR count). The fraction of sp³-hybridized carbons (Fsp3) is 0.200. The van der Waals surface area contributed by atoms with Crippen molar-refractivity contribution in [3.05, 3.63) is 71.2 Å². The second-order valence-corrected chi connectivity index (χ2v) is 5.88. The molecule has 0 aliphatic carbocycles. The number of nitrogens with one attached hydrogen (secondary N) is 3. The molecule has 3 N–H and O–H groups in total. The van der Waals surface area contributed by atoms with Gasteiger partial charge in [0.25, 0.3) is 0 Å². The van der Waals surface area contributed by atoms with Crippen molar-refractivity contribution in [1.29, 1.82) is 5.26 Å². The lowest BCUT2D eigenvalue weighted by Crippen LogP contribution is -2.38. The van der Waals surface area contributed by atoms with Gasteiger partial charge in [-0.05, 0) is 30.2 Å². The Morgan fingerprint density at radius 2 is 2.04 bits per heavy atom. The van der Waals surface area contributed by atoms with Crippen LogP contribution >= 0.6 is 0 Å². The van der Waals surface area contributed by atoms with Gasteiger partial charge in [-0.15, -0.1) is 0 Å². The molecule has 0 bridgehead atoms. The van der Waals surface area contributed by atoms with Gasteiger partial charge >= 0.3 is 0 Å². The molecular formula is C20H20FN5. The van der Waals surface area contributed by atoms with Crippen LogP contribution in [0.5, 0.6) is 0 Å². The molecule has 0 saturated carbocycles. The van der Waals surface area contributed by atoms with Crippen molar-refractivity contribution in [3.63, 3.8) is 0 Å². The van der Waals surface area contributed by atoms with Crippen LogP contribution in [0.25, 0.3) is 10.9 Å². The molecule has 1 aromatic heterocycles. The van der Waals surface area contributed by atoms with Crippen molar-refractivity contribution < 1.29 is 4.39 Å². The highest BCUT2D eigenvalue weighted by Crippen LogP contribution is 2.17. The predicted octanol–water partition coefficient (Wildman–Crippen LogP) is 3.09. The number of aliphatic imine (C=N–C) groups is 1. The van der Waals surface area contributed by atoms with E-state index in [4.69, 9.17) is 5.26 Å². The zero-order valence-electron chi connectivity index (χ0n) is 14.5. The van der Waals surface area contributed by atoms with Crippen LogP contribution in [0, 0.1) is 17.1 Å². The topological polar surface area (TPSA) is 76.0 Å². The minimum atomic E-state index is -0.397. The summed E-state index contributed by atoms with van der Waals surface area (Å²) in [6.07, 6.45) is 2.87. The Morgan fingerprint density at radius 3 is 2.81 bits per heavy atom. The van der Waals surface area contributed by atoms with E-state index in [9.17, 15) is 4.39 Å². The van der Waals surface area contributed by atoms with E-state index in [0.29, 0.717) is 30.2 Å². The van der Waals surface area contributed by atoms with E-state index in [1.165, 1.54) is 17.0 Å². The summed E-state index contributed by atoms with van der Waals surface area (Å²) in [5, 5.41) is 16.3. The molecule has 5 nitrogen and oxygen atoms in total. The number of benzene rings is 2. The van der Waals surface area contributed by atoms with Crippen LogP contribution in [0.4, 0.5) is 4.39 Å². The Hall–Kier alpha value is -3.33. The lowest BCUT2D eigenvalue weighted by atomic mass is 10.1. The van der Waals surface area contributed by atoms with Crippen LogP contribution in [0.3, 0.4) is 0 Å². The van der Waals surface area contributed by atoms with E-state index in [0.717, 1.165) is 11.9 Å². The van der Waals surface area contributed by atoms with E-state index < -0.39 is 5.82 Å². The fourth-order valence-corrected chi connectivity index (χ4v) is 2.81. The molecule has 2 aromatic carbocycles. The summed E-state index contributed by atoms with van der Waals surface area (Å²) >= 11 is 0. The summed E-state index contributed by atoms with van der Waals surface area (Å²) in [7, 11) is 1.68. The predicted molar refractivity (Wildman–Crippen MR) is 101 cm³/mol. The summed E-state index contributed by atoms with van der Waals surface area (Å²) in [6.45, 7) is 1.00. The van der Waals surface area contributed by atoms with Crippen LogP contribution in [0.15, 0.2) is 53.7 Å². The molecule has 0 aliphatic heterocycles. The first-order chi connectivity index (χ1) is 12.7. The Kier molecular flexibility index (Phi) is 5.49. The van der Waals surface area contributed by atoms with Crippen molar-refractivity contribution in [2.24, 2.45) is 4.99 Å². The van der Waals surface area contributed by atoms with Crippen LogP contribution in [0.1, 0.15) is 16.7 Å². The number of nitriles is 1. The number of para-hydroxylation sites is 1. The first-order valence-electron chi connectivity index (χ1n) is 8.39. The van der Waals surface area contributed by atoms with Gasteiger partial charge in [0.05, 0.1) is 11.6 Å². The Balaban J connectivity index is 1.53. The van der Waals surface area contributed by atoms with Crippen LogP contribution in [-0.2, 0) is 13.0 Å². The molecule has 132 valence electrons. The van der Waals surface area contributed by atoms with Gasteiger partial charge in [-0.1, -0.05) is 24.3 Å². The molecule has 0 atom stereocenters. The zero-order chi connectivity index (χ0) is 18.4. The molecule has 0 aliphatic rings. The van der Waals surface area contributed by atoms with E-state index in [-0.39, 0.29) is 0 Å². The number of rotatable bonds is 5. The summed E-state index contributed by atoms with van der Waals surface area (Å²) in [6, 6.07) is 14.6. The minimum Gasteiger partial charge on any atom is -0.361 e. The number of aromatic amines is 1. The molecule has 26 heavy (non-hydrogen) atoms. The highest BCUT2D eigenvalue weighted by molar-refractivity contribution is 5.83. The van der Waals surface area contributed by atoms with Gasteiger partial charge in [-0.25, -0.2) is 4.39 Å². The van der Waals surface area contributed by atoms with E-state index in [1.54, 1.807) is 19.2 Å². The van der Waals surface area contributed by atoms with Gasteiger partial charge in [0.15, 0.2) is 5.96 Å². The largest absolute Gasteiger partial charge is 0.361 e. The van der Waals surface area contributed by atoms with Crippen molar-refractivity contribution in [2.45, 2.75) is 13.0 Å². The average Bonchev–Trinajstić information content (AvgIpc) is 3.08. The van der Waals surface area contributed by atoms with Crippen molar-refractivity contribution in [2.75, 3.05) is 13.6 Å². The maximum Gasteiger partial charge on any atom is 0.191 e. The van der Waals surface area contributed by atoms with Gasteiger partial charge in [-0.3, -0.25) is 4.99 Å². The van der Waals surface area contributed by atoms with Gasteiger partial charge in [0.1, 0.15) is 5.82 Å². The fourth-order valence-electron chi connectivity index (χ4n) is 2.81. The SMILES string of the molecule is CN=C(NCCc1c[nH]c2ccccc12)NCc1ccc(C#N)cc1F. The number of guanidine groups is 1. The number of aromatic nitrogens is 1. The third-order valence-electron chi connectivity index (χ3n) is 4.21. The smallest absolute Gasteiger partial charge is 0.191 e. The molecule has 0 spiro atoms. The highest BCUT2D eigenvalue weighted by atomic mass is 19.1. The van der Waals surface area contributed by atoms with Gasteiger partial charge < -0.3 is 15.6 Å². The van der Waals surface area contributed by atoms with E-state index in [2.05, 4.69) is 32.7 Å². The first-order valence-corrected chi connectivity index (χ1v) is 8.39. The number of hydrogen-bond donors (Lipinski definition) is 3. The lowest BCUT2D eigenvalue weighted by molar-refractivity contribution is 0.604. The summed E-state index contributed by atoms with van der Waals surface area (Å²) in [4.78, 5) is 7.42. The zero-order valence-corrected chi connectivity index (χ0v) is 14.5. The maximum absolute atomic E-state index is 13.9. The molecule has 1 heterocycles. The van der Waals surface area contributed by atoms with E-state index in [1.807, 2.05) is 24.4 Å². The summed E-state index contributed by atoms with van der Waals surface area (Å²) < 4.78 is 13.9. The monoisotopic (exact) mass is 349 g/mol. The standard InChI is InChI=1S/C20H20FN5/c1-23-20(26-13-16-7-6-14(11-22)10-18(16)21)24-9-8-15-12-25-19-5-3-2-4-17(15)19/h2-7,10,12,25H,8-9,13H2,1H3,(H2,23,24,26).